The minimum atomic E-state index is -0.721. The van der Waals surface area contributed by atoms with E-state index in [0.717, 1.165) is 25.3 Å². The molecule has 1 aliphatic carbocycles. The normalized spacial score (nSPS) is 12.2. The summed E-state index contributed by atoms with van der Waals surface area (Å²) in [5.74, 6) is -0.864. The molecule has 9 heteroatoms. The van der Waals surface area contributed by atoms with E-state index in [-0.39, 0.29) is 23.0 Å². The predicted molar refractivity (Wildman–Crippen MR) is 102 cm³/mol. The fourth-order valence-corrected chi connectivity index (χ4v) is 3.08. The summed E-state index contributed by atoms with van der Waals surface area (Å²) in [5.41, 5.74) is 2.12. The van der Waals surface area contributed by atoms with Crippen LogP contribution in [0, 0.1) is 10.1 Å². The van der Waals surface area contributed by atoms with Crippen molar-refractivity contribution >= 4 is 34.9 Å². The van der Waals surface area contributed by atoms with Crippen LogP contribution < -0.4 is 10.1 Å². The van der Waals surface area contributed by atoms with Crippen LogP contribution >= 0.6 is 11.6 Å². The number of nitro benzene ring substituents is 1. The van der Waals surface area contributed by atoms with E-state index in [2.05, 4.69) is 5.32 Å². The zero-order chi connectivity index (χ0) is 20.1. The van der Waals surface area contributed by atoms with E-state index in [0.29, 0.717) is 5.75 Å². The smallest absolute Gasteiger partial charge is 0.344 e. The van der Waals surface area contributed by atoms with Crippen LogP contribution in [0.5, 0.6) is 5.75 Å². The minimum absolute atomic E-state index is 0.0372. The van der Waals surface area contributed by atoms with Gasteiger partial charge in [-0.05, 0) is 54.7 Å². The fraction of sp³-hybridized carbons (Fsp3) is 0.263. The van der Waals surface area contributed by atoms with Gasteiger partial charge in [0.25, 0.3) is 11.6 Å². The first-order chi connectivity index (χ1) is 13.4. The zero-order valence-corrected chi connectivity index (χ0v) is 15.5. The number of nitro groups is 1. The van der Waals surface area contributed by atoms with Gasteiger partial charge in [-0.1, -0.05) is 17.7 Å². The molecule has 0 aromatic heterocycles. The molecule has 0 unspecified atom stereocenters. The molecule has 0 heterocycles. The van der Waals surface area contributed by atoms with Crippen LogP contribution in [-0.2, 0) is 27.2 Å². The highest BCUT2D eigenvalue weighted by Crippen LogP contribution is 2.28. The van der Waals surface area contributed by atoms with Gasteiger partial charge >= 0.3 is 5.97 Å². The number of amides is 1. The van der Waals surface area contributed by atoms with Gasteiger partial charge < -0.3 is 14.8 Å². The van der Waals surface area contributed by atoms with Crippen molar-refractivity contribution in [3.8, 4) is 5.75 Å². The Labute approximate surface area is 165 Å². The lowest BCUT2D eigenvalue weighted by molar-refractivity contribution is -0.383. The largest absolute Gasteiger partial charge is 0.482 e. The van der Waals surface area contributed by atoms with Crippen LogP contribution in [0.25, 0.3) is 0 Å². The molecule has 1 N–H and O–H groups in total. The van der Waals surface area contributed by atoms with Gasteiger partial charge in [0.1, 0.15) is 11.4 Å². The number of ether oxygens (including phenoxy) is 2. The third-order valence-corrected chi connectivity index (χ3v) is 4.46. The van der Waals surface area contributed by atoms with E-state index in [1.54, 1.807) is 6.07 Å². The summed E-state index contributed by atoms with van der Waals surface area (Å²) in [6.07, 6.45) is 3.16. The molecule has 146 valence electrons. The van der Waals surface area contributed by atoms with E-state index >= 15 is 0 Å². The van der Waals surface area contributed by atoms with Gasteiger partial charge in [0, 0.05) is 11.1 Å². The molecule has 2 aromatic carbocycles. The van der Waals surface area contributed by atoms with Crippen molar-refractivity contribution in [2.45, 2.75) is 19.3 Å². The summed E-state index contributed by atoms with van der Waals surface area (Å²) in [6.45, 7) is -0.931. The first-order valence-electron chi connectivity index (χ1n) is 8.56. The Morgan fingerprint density at radius 2 is 1.89 bits per heavy atom. The van der Waals surface area contributed by atoms with Gasteiger partial charge in [-0.25, -0.2) is 4.79 Å². The SMILES string of the molecule is O=C(COC(=O)COc1ccc2c(c1)CCC2)Nc1ccc(Cl)cc1[N+](=O)[O-]. The average molecular weight is 405 g/mol. The number of hydrogen-bond acceptors (Lipinski definition) is 6. The van der Waals surface area contributed by atoms with Crippen molar-refractivity contribution in [2.75, 3.05) is 18.5 Å². The van der Waals surface area contributed by atoms with Crippen LogP contribution in [0.4, 0.5) is 11.4 Å². The van der Waals surface area contributed by atoms with Gasteiger partial charge in [-0.2, -0.15) is 0 Å². The molecule has 2 aromatic rings. The Hall–Kier alpha value is -3.13. The number of rotatable bonds is 7. The molecule has 0 bridgehead atoms. The Kier molecular flexibility index (Phi) is 6.10. The third-order valence-electron chi connectivity index (χ3n) is 4.22. The number of aryl methyl sites for hydroxylation is 2. The first kappa shape index (κ1) is 19.6. The average Bonchev–Trinajstić information content (AvgIpc) is 3.13. The number of hydrogen-bond donors (Lipinski definition) is 1. The second-order valence-corrected chi connectivity index (χ2v) is 6.64. The number of anilines is 1. The van der Waals surface area contributed by atoms with Crippen LogP contribution in [0.1, 0.15) is 17.5 Å². The molecule has 0 saturated heterocycles. The van der Waals surface area contributed by atoms with Crippen LogP contribution in [0.3, 0.4) is 0 Å². The molecule has 0 aliphatic heterocycles. The molecule has 1 aliphatic rings. The van der Waals surface area contributed by atoms with Gasteiger partial charge in [0.2, 0.25) is 0 Å². The van der Waals surface area contributed by atoms with Gasteiger partial charge in [0.05, 0.1) is 4.92 Å². The molecule has 8 nitrogen and oxygen atoms in total. The second kappa shape index (κ2) is 8.71. The van der Waals surface area contributed by atoms with Crippen molar-refractivity contribution in [1.29, 1.82) is 0 Å². The third kappa shape index (κ3) is 4.98. The number of fused-ring (bicyclic) bond motifs is 1. The molecule has 0 fully saturated rings. The summed E-state index contributed by atoms with van der Waals surface area (Å²) < 4.78 is 10.2. The summed E-state index contributed by atoms with van der Waals surface area (Å²) in [6, 6.07) is 9.51. The summed E-state index contributed by atoms with van der Waals surface area (Å²) >= 11 is 5.72. The highest BCUT2D eigenvalue weighted by atomic mass is 35.5. The number of carbonyl (C=O) groups excluding carboxylic acids is 2. The number of nitrogens with zero attached hydrogens (tertiary/aromatic N) is 1. The Bertz CT molecular complexity index is 931. The highest BCUT2D eigenvalue weighted by molar-refractivity contribution is 6.31. The summed E-state index contributed by atoms with van der Waals surface area (Å²) in [7, 11) is 0. The lowest BCUT2D eigenvalue weighted by Crippen LogP contribution is -2.24. The number of nitrogens with one attached hydrogen (secondary N) is 1. The van der Waals surface area contributed by atoms with E-state index < -0.39 is 23.4 Å². The van der Waals surface area contributed by atoms with Crippen LogP contribution in [0.2, 0.25) is 5.02 Å². The van der Waals surface area contributed by atoms with Crippen LogP contribution in [-0.4, -0.2) is 30.0 Å². The second-order valence-electron chi connectivity index (χ2n) is 6.20. The monoisotopic (exact) mass is 404 g/mol. The fourth-order valence-electron chi connectivity index (χ4n) is 2.92. The van der Waals surface area contributed by atoms with Crippen LogP contribution in [0.15, 0.2) is 36.4 Å². The topological polar surface area (TPSA) is 108 Å². The maximum absolute atomic E-state index is 11.9. The quantitative estimate of drug-likeness (QED) is 0.431. The van der Waals surface area contributed by atoms with Gasteiger partial charge in [0.15, 0.2) is 13.2 Å². The Balaban J connectivity index is 1.47. The van der Waals surface area contributed by atoms with E-state index in [9.17, 15) is 19.7 Å². The number of carbonyl (C=O) groups is 2. The number of halogens is 1. The zero-order valence-electron chi connectivity index (χ0n) is 14.8. The first-order valence-corrected chi connectivity index (χ1v) is 8.94. The molecular weight excluding hydrogens is 388 g/mol. The molecule has 0 atom stereocenters. The van der Waals surface area contributed by atoms with Crippen molar-refractivity contribution in [2.24, 2.45) is 0 Å². The maximum atomic E-state index is 11.9. The van der Waals surface area contributed by atoms with Crippen molar-refractivity contribution < 1.29 is 24.0 Å². The van der Waals surface area contributed by atoms with E-state index in [1.807, 2.05) is 12.1 Å². The molecule has 3 rings (SSSR count). The molecule has 0 radical (unpaired) electrons. The molecule has 28 heavy (non-hydrogen) atoms. The Morgan fingerprint density at radius 1 is 1.11 bits per heavy atom. The number of benzene rings is 2. The van der Waals surface area contributed by atoms with Crippen molar-refractivity contribution in [3.63, 3.8) is 0 Å². The molecular formula is C19H17ClN2O6. The van der Waals surface area contributed by atoms with Gasteiger partial charge in [-0.15, -0.1) is 0 Å². The summed E-state index contributed by atoms with van der Waals surface area (Å²) in [5, 5.41) is 13.5. The highest BCUT2D eigenvalue weighted by Gasteiger charge is 2.18. The van der Waals surface area contributed by atoms with Gasteiger partial charge in [-0.3, -0.25) is 14.9 Å². The number of esters is 1. The summed E-state index contributed by atoms with van der Waals surface area (Å²) in [4.78, 5) is 34.0. The molecule has 0 spiro atoms. The van der Waals surface area contributed by atoms with E-state index in [4.69, 9.17) is 21.1 Å². The predicted octanol–water partition coefficient (Wildman–Crippen LogP) is 3.30. The minimum Gasteiger partial charge on any atom is -0.482 e. The molecule has 1 amide bonds. The molecule has 0 saturated carbocycles. The standard InChI is InChI=1S/C19H17ClN2O6/c20-14-5-7-16(17(9-14)22(25)26)21-18(23)10-28-19(24)11-27-15-6-4-12-2-1-3-13(12)8-15/h4-9H,1-3,10-11H2,(H,21,23). The van der Waals surface area contributed by atoms with Crippen molar-refractivity contribution in [3.05, 3.63) is 62.7 Å². The van der Waals surface area contributed by atoms with E-state index in [1.165, 1.54) is 23.3 Å². The Morgan fingerprint density at radius 3 is 2.68 bits per heavy atom. The lowest BCUT2D eigenvalue weighted by Gasteiger charge is -2.09. The lowest BCUT2D eigenvalue weighted by atomic mass is 10.1. The maximum Gasteiger partial charge on any atom is 0.344 e. The van der Waals surface area contributed by atoms with Crippen molar-refractivity contribution in [1.82, 2.24) is 0 Å².